The first kappa shape index (κ1) is 49.4. The Hall–Kier alpha value is -1.59. The van der Waals surface area contributed by atoms with Gasteiger partial charge in [-0.25, -0.2) is 0 Å². The van der Waals surface area contributed by atoms with Gasteiger partial charge < -0.3 is 40.3 Å². The number of unbranched alkanes of at least 4 members (excludes halogenated alkanes) is 22. The number of hydrogen-bond donors (Lipinski definition) is 6. The maximum Gasteiger partial charge on any atom is 0.220 e. The van der Waals surface area contributed by atoms with Gasteiger partial charge >= 0.3 is 0 Å². The number of aliphatic hydroxyl groups excluding tert-OH is 5. The lowest BCUT2D eigenvalue weighted by Crippen LogP contribution is -2.60. The molecule has 2 unspecified atom stereocenters. The summed E-state index contributed by atoms with van der Waals surface area (Å²) in [5.74, 6) is -0.199. The average Bonchev–Trinajstić information content (AvgIpc) is 3.16. The molecule has 0 radical (unpaired) electrons. The van der Waals surface area contributed by atoms with Gasteiger partial charge in [0.25, 0.3) is 0 Å². The van der Waals surface area contributed by atoms with Crippen molar-refractivity contribution in [3.05, 3.63) is 36.5 Å². The van der Waals surface area contributed by atoms with E-state index in [-0.39, 0.29) is 12.5 Å². The van der Waals surface area contributed by atoms with Crippen LogP contribution in [-0.4, -0.2) is 87.5 Å². The normalized spacial score (nSPS) is 22.0. The molecule has 9 nitrogen and oxygen atoms in total. The van der Waals surface area contributed by atoms with Gasteiger partial charge in [0.2, 0.25) is 5.91 Å². The molecule has 0 aromatic carbocycles. The van der Waals surface area contributed by atoms with Crippen LogP contribution in [0.5, 0.6) is 0 Å². The van der Waals surface area contributed by atoms with Gasteiger partial charge in [0.1, 0.15) is 24.4 Å². The van der Waals surface area contributed by atoms with Crippen LogP contribution in [0.2, 0.25) is 0 Å². The molecule has 53 heavy (non-hydrogen) atoms. The maximum atomic E-state index is 12.9. The fourth-order valence-electron chi connectivity index (χ4n) is 6.68. The van der Waals surface area contributed by atoms with E-state index >= 15 is 0 Å². The second-order valence-electron chi connectivity index (χ2n) is 15.2. The fourth-order valence-corrected chi connectivity index (χ4v) is 6.68. The standard InChI is InChI=1S/C44H81NO8/c1-3-5-7-9-11-13-15-16-17-18-19-20-21-22-24-26-28-30-32-34-40(48)45-37(36-52-44-43(51)42(50)41(49)39(35-46)53-44)38(47)33-31-29-27-25-23-14-12-10-8-6-4-2/h16-17,27,29,31,33,37-39,41-44,46-47,49-51H,3-15,18-26,28,30,32,34-36H2,1-2H3,(H,45,48)/b17-16+,29-27+,33-31+/t37-,38+,39-,41-,42?,43?,44-/m0/s1. The van der Waals surface area contributed by atoms with Crippen LogP contribution >= 0.6 is 0 Å². The number of amides is 1. The molecule has 6 N–H and O–H groups in total. The van der Waals surface area contributed by atoms with Crippen molar-refractivity contribution < 1.29 is 39.8 Å². The summed E-state index contributed by atoms with van der Waals surface area (Å²) in [4.78, 5) is 12.9. The average molecular weight is 752 g/mol. The monoisotopic (exact) mass is 752 g/mol. The molecular formula is C44H81NO8. The largest absolute Gasteiger partial charge is 0.394 e. The first-order valence-electron chi connectivity index (χ1n) is 21.7. The number of carbonyl (C=O) groups excluding carboxylic acids is 1. The summed E-state index contributed by atoms with van der Waals surface area (Å²) in [6, 6.07) is -0.835. The SMILES string of the molecule is CCCCCCCC/C=C/CCCCCCCCCCCC(=O)N[C@@H](CO[C@H]1O[C@@H](CO)[C@H](O)C(O)C1O)[C@H](O)/C=C/C=C/CCCCCCCCC. The zero-order chi connectivity index (χ0) is 38.8. The highest BCUT2D eigenvalue weighted by Gasteiger charge is 2.44. The van der Waals surface area contributed by atoms with Crippen molar-refractivity contribution in [2.75, 3.05) is 13.2 Å². The lowest BCUT2D eigenvalue weighted by Gasteiger charge is -2.40. The van der Waals surface area contributed by atoms with Crippen LogP contribution in [0.4, 0.5) is 0 Å². The van der Waals surface area contributed by atoms with Crippen LogP contribution < -0.4 is 5.32 Å². The molecule has 1 aliphatic heterocycles. The third-order valence-electron chi connectivity index (χ3n) is 10.2. The number of carbonyl (C=O) groups is 1. The third kappa shape index (κ3) is 26.0. The van der Waals surface area contributed by atoms with Crippen molar-refractivity contribution in [1.82, 2.24) is 5.32 Å². The molecular weight excluding hydrogens is 670 g/mol. The van der Waals surface area contributed by atoms with Crippen molar-refractivity contribution in [3.63, 3.8) is 0 Å². The van der Waals surface area contributed by atoms with Gasteiger partial charge in [-0.05, 0) is 44.9 Å². The van der Waals surface area contributed by atoms with Crippen LogP contribution in [0.25, 0.3) is 0 Å². The molecule has 0 saturated carbocycles. The summed E-state index contributed by atoms with van der Waals surface area (Å²) in [5, 5.41) is 53.9. The molecule has 0 aliphatic carbocycles. The van der Waals surface area contributed by atoms with E-state index in [2.05, 4.69) is 37.4 Å². The van der Waals surface area contributed by atoms with E-state index in [1.807, 2.05) is 6.08 Å². The molecule has 1 fully saturated rings. The highest BCUT2D eigenvalue weighted by molar-refractivity contribution is 5.76. The quantitative estimate of drug-likeness (QED) is 0.0215. The number of allylic oxidation sites excluding steroid dienone is 5. The predicted molar refractivity (Wildman–Crippen MR) is 216 cm³/mol. The van der Waals surface area contributed by atoms with Crippen LogP contribution in [-0.2, 0) is 14.3 Å². The lowest BCUT2D eigenvalue weighted by molar-refractivity contribution is -0.302. The van der Waals surface area contributed by atoms with Crippen LogP contribution in [0.3, 0.4) is 0 Å². The highest BCUT2D eigenvalue weighted by atomic mass is 16.7. The van der Waals surface area contributed by atoms with E-state index in [0.29, 0.717) is 6.42 Å². The minimum atomic E-state index is -1.57. The Bertz CT molecular complexity index is 925. The molecule has 0 aromatic heterocycles. The zero-order valence-electron chi connectivity index (χ0n) is 33.8. The van der Waals surface area contributed by atoms with Crippen LogP contribution in [0, 0.1) is 0 Å². The van der Waals surface area contributed by atoms with E-state index in [4.69, 9.17) is 9.47 Å². The molecule has 1 amide bonds. The molecule has 7 atom stereocenters. The number of hydrogen-bond acceptors (Lipinski definition) is 8. The Morgan fingerprint density at radius 1 is 0.642 bits per heavy atom. The first-order chi connectivity index (χ1) is 25.8. The van der Waals surface area contributed by atoms with Gasteiger partial charge in [0.15, 0.2) is 6.29 Å². The predicted octanol–water partition coefficient (Wildman–Crippen LogP) is 8.50. The molecule has 9 heteroatoms. The Kier molecular flexibility index (Phi) is 32.5. The van der Waals surface area contributed by atoms with E-state index in [0.717, 1.165) is 32.1 Å². The van der Waals surface area contributed by atoms with Gasteiger partial charge in [0, 0.05) is 6.42 Å². The van der Waals surface area contributed by atoms with Crippen LogP contribution in [0.15, 0.2) is 36.5 Å². The molecule has 1 heterocycles. The molecule has 310 valence electrons. The van der Waals surface area contributed by atoms with E-state index in [1.54, 1.807) is 12.2 Å². The minimum Gasteiger partial charge on any atom is -0.394 e. The molecule has 1 saturated heterocycles. The summed E-state index contributed by atoms with van der Waals surface area (Å²) in [6.45, 7) is 3.70. The third-order valence-corrected chi connectivity index (χ3v) is 10.2. The first-order valence-corrected chi connectivity index (χ1v) is 21.7. The summed E-state index contributed by atoms with van der Waals surface area (Å²) in [5.41, 5.74) is 0. The topological polar surface area (TPSA) is 149 Å². The zero-order valence-corrected chi connectivity index (χ0v) is 33.8. The molecule has 0 bridgehead atoms. The lowest BCUT2D eigenvalue weighted by atomic mass is 9.99. The van der Waals surface area contributed by atoms with Gasteiger partial charge in [-0.15, -0.1) is 0 Å². The van der Waals surface area contributed by atoms with Crippen LogP contribution in [0.1, 0.15) is 181 Å². The Morgan fingerprint density at radius 2 is 1.11 bits per heavy atom. The van der Waals surface area contributed by atoms with Crippen molar-refractivity contribution >= 4 is 5.91 Å². The summed E-state index contributed by atoms with van der Waals surface area (Å²) >= 11 is 0. The summed E-state index contributed by atoms with van der Waals surface area (Å²) < 4.78 is 11.1. The second-order valence-corrected chi connectivity index (χ2v) is 15.2. The number of aliphatic hydroxyl groups is 5. The number of rotatable bonds is 35. The number of nitrogens with one attached hydrogen (secondary N) is 1. The van der Waals surface area contributed by atoms with Crippen molar-refractivity contribution in [2.45, 2.75) is 224 Å². The molecule has 1 aliphatic rings. The fraction of sp³-hybridized carbons (Fsp3) is 0.841. The van der Waals surface area contributed by atoms with Gasteiger partial charge in [-0.2, -0.15) is 0 Å². The van der Waals surface area contributed by atoms with Crippen molar-refractivity contribution in [1.29, 1.82) is 0 Å². The van der Waals surface area contributed by atoms with Crippen molar-refractivity contribution in [3.8, 4) is 0 Å². The minimum absolute atomic E-state index is 0.199. The van der Waals surface area contributed by atoms with Gasteiger partial charge in [-0.1, -0.05) is 166 Å². The van der Waals surface area contributed by atoms with Gasteiger partial charge in [0.05, 0.1) is 25.4 Å². The van der Waals surface area contributed by atoms with Crippen molar-refractivity contribution in [2.24, 2.45) is 0 Å². The van der Waals surface area contributed by atoms with E-state index in [1.165, 1.54) is 128 Å². The molecule has 1 rings (SSSR count). The summed E-state index contributed by atoms with van der Waals surface area (Å²) in [6.07, 6.45) is 34.8. The summed E-state index contributed by atoms with van der Waals surface area (Å²) in [7, 11) is 0. The smallest absolute Gasteiger partial charge is 0.220 e. The highest BCUT2D eigenvalue weighted by Crippen LogP contribution is 2.22. The Labute approximate surface area is 323 Å². The Morgan fingerprint density at radius 3 is 1.62 bits per heavy atom. The van der Waals surface area contributed by atoms with E-state index < -0.39 is 49.5 Å². The Balaban J connectivity index is 2.37. The maximum absolute atomic E-state index is 12.9. The molecule has 0 aromatic rings. The number of ether oxygens (including phenoxy) is 2. The van der Waals surface area contributed by atoms with E-state index in [9.17, 15) is 30.3 Å². The van der Waals surface area contributed by atoms with Gasteiger partial charge in [-0.3, -0.25) is 4.79 Å². The molecule has 0 spiro atoms. The second kappa shape index (κ2) is 34.9.